The normalized spacial score (nSPS) is 10.9. The maximum Gasteiger partial charge on any atom is 0.573 e. The van der Waals surface area contributed by atoms with E-state index in [0.29, 0.717) is 11.4 Å². The van der Waals surface area contributed by atoms with Gasteiger partial charge >= 0.3 is 12.4 Å². The van der Waals surface area contributed by atoms with Gasteiger partial charge in [0.05, 0.1) is 7.11 Å². The van der Waals surface area contributed by atoms with E-state index in [4.69, 9.17) is 4.74 Å². The molecule has 0 fully saturated rings. The number of ether oxygens (including phenoxy) is 2. The van der Waals surface area contributed by atoms with Crippen molar-refractivity contribution in [3.63, 3.8) is 0 Å². The third-order valence-electron chi connectivity index (χ3n) is 3.12. The van der Waals surface area contributed by atoms with Crippen LogP contribution in [0, 0.1) is 0 Å². The Bertz CT molecular complexity index is 723. The highest BCUT2D eigenvalue weighted by molar-refractivity contribution is 5.74. The van der Waals surface area contributed by atoms with Gasteiger partial charge in [0.25, 0.3) is 0 Å². The number of urea groups is 1. The maximum atomic E-state index is 12.4. The summed E-state index contributed by atoms with van der Waals surface area (Å²) < 4.78 is 46.1. The molecule has 134 valence electrons. The van der Waals surface area contributed by atoms with Crippen LogP contribution in [0.4, 0.5) is 18.0 Å². The van der Waals surface area contributed by atoms with Gasteiger partial charge in [-0.2, -0.15) is 0 Å². The molecular weight excluding hydrogens is 339 g/mol. The van der Waals surface area contributed by atoms with Crippen molar-refractivity contribution in [3.05, 3.63) is 53.7 Å². The van der Waals surface area contributed by atoms with Crippen LogP contribution >= 0.6 is 0 Å². The lowest BCUT2D eigenvalue weighted by Gasteiger charge is -2.14. The van der Waals surface area contributed by atoms with Gasteiger partial charge in [0.1, 0.15) is 5.75 Å². The summed E-state index contributed by atoms with van der Waals surface area (Å²) in [5.41, 5.74) is 0.870. The number of pyridine rings is 1. The third kappa shape index (κ3) is 5.87. The Balaban J connectivity index is 1.90. The first-order valence-corrected chi connectivity index (χ1v) is 7.22. The van der Waals surface area contributed by atoms with Crippen molar-refractivity contribution in [1.29, 1.82) is 0 Å². The van der Waals surface area contributed by atoms with E-state index < -0.39 is 12.4 Å². The summed E-state index contributed by atoms with van der Waals surface area (Å²) in [4.78, 5) is 15.8. The van der Waals surface area contributed by atoms with Crippen molar-refractivity contribution in [1.82, 2.24) is 15.6 Å². The van der Waals surface area contributed by atoms with Crippen molar-refractivity contribution in [3.8, 4) is 11.6 Å². The van der Waals surface area contributed by atoms with E-state index in [2.05, 4.69) is 20.4 Å². The molecule has 0 aliphatic heterocycles. The van der Waals surface area contributed by atoms with E-state index in [1.165, 1.54) is 25.3 Å². The van der Waals surface area contributed by atoms with Gasteiger partial charge < -0.3 is 20.1 Å². The average molecular weight is 355 g/mol. The van der Waals surface area contributed by atoms with Crippen LogP contribution < -0.4 is 20.1 Å². The fraction of sp³-hybridized carbons (Fsp3) is 0.250. The van der Waals surface area contributed by atoms with E-state index >= 15 is 0 Å². The van der Waals surface area contributed by atoms with E-state index in [-0.39, 0.29) is 24.4 Å². The number of benzene rings is 1. The summed E-state index contributed by atoms with van der Waals surface area (Å²) in [5, 5.41) is 5.05. The molecule has 0 aliphatic rings. The summed E-state index contributed by atoms with van der Waals surface area (Å²) in [7, 11) is 1.46. The largest absolute Gasteiger partial charge is 0.573 e. The summed E-state index contributed by atoms with van der Waals surface area (Å²) in [5.74, 6) is 0.0240. The van der Waals surface area contributed by atoms with Gasteiger partial charge in [-0.25, -0.2) is 9.78 Å². The molecule has 25 heavy (non-hydrogen) atoms. The highest BCUT2D eigenvalue weighted by Gasteiger charge is 2.31. The zero-order valence-electron chi connectivity index (χ0n) is 13.3. The second kappa shape index (κ2) is 8.22. The first kappa shape index (κ1) is 18.4. The van der Waals surface area contributed by atoms with Gasteiger partial charge in [0.15, 0.2) is 0 Å². The summed E-state index contributed by atoms with van der Waals surface area (Å²) in [6, 6.07) is 8.47. The monoisotopic (exact) mass is 355 g/mol. The van der Waals surface area contributed by atoms with Crippen LogP contribution in [-0.4, -0.2) is 24.5 Å². The van der Waals surface area contributed by atoms with Crippen molar-refractivity contribution >= 4 is 6.03 Å². The van der Waals surface area contributed by atoms with Crippen LogP contribution in [-0.2, 0) is 13.1 Å². The van der Waals surface area contributed by atoms with Crippen molar-refractivity contribution in [2.24, 2.45) is 0 Å². The van der Waals surface area contributed by atoms with Crippen LogP contribution in [0.1, 0.15) is 11.1 Å². The molecule has 1 aromatic carbocycles. The van der Waals surface area contributed by atoms with E-state index in [1.807, 2.05) is 0 Å². The van der Waals surface area contributed by atoms with Gasteiger partial charge in [-0.3, -0.25) is 0 Å². The molecule has 2 amide bonds. The standard InChI is InChI=1S/C16H16F3N3O3/c1-24-14-12(6-4-8-20-14)10-22-15(23)21-9-11-5-2-3-7-13(11)25-16(17,18)19/h2-8H,9-10H2,1H3,(H2,21,22,23). The molecule has 9 heteroatoms. The number of methoxy groups -OCH3 is 1. The summed E-state index contributed by atoms with van der Waals surface area (Å²) in [6.07, 6.45) is -3.24. The Hall–Kier alpha value is -2.97. The van der Waals surface area contributed by atoms with Gasteiger partial charge in [0, 0.05) is 30.4 Å². The van der Waals surface area contributed by atoms with Gasteiger partial charge in [-0.15, -0.1) is 13.2 Å². The quantitative estimate of drug-likeness (QED) is 0.836. The van der Waals surface area contributed by atoms with Crippen LogP contribution in [0.3, 0.4) is 0 Å². The second-order valence-electron chi connectivity index (χ2n) is 4.86. The number of rotatable bonds is 6. The highest BCUT2D eigenvalue weighted by atomic mass is 19.4. The number of hydrogen-bond acceptors (Lipinski definition) is 4. The smallest absolute Gasteiger partial charge is 0.481 e. The summed E-state index contributed by atoms with van der Waals surface area (Å²) >= 11 is 0. The molecule has 0 bridgehead atoms. The number of halogens is 3. The lowest BCUT2D eigenvalue weighted by molar-refractivity contribution is -0.274. The third-order valence-corrected chi connectivity index (χ3v) is 3.12. The average Bonchev–Trinajstić information content (AvgIpc) is 2.58. The molecule has 2 aromatic rings. The Labute approximate surface area is 142 Å². The lowest BCUT2D eigenvalue weighted by Crippen LogP contribution is -2.34. The number of nitrogens with zero attached hydrogens (tertiary/aromatic N) is 1. The zero-order valence-corrected chi connectivity index (χ0v) is 13.3. The summed E-state index contributed by atoms with van der Waals surface area (Å²) in [6.45, 7) is 0.0335. The minimum Gasteiger partial charge on any atom is -0.481 e. The molecular formula is C16H16F3N3O3. The molecule has 0 saturated carbocycles. The molecule has 6 nitrogen and oxygen atoms in total. The van der Waals surface area contributed by atoms with Crippen LogP contribution in [0.25, 0.3) is 0 Å². The number of alkyl halides is 3. The van der Waals surface area contributed by atoms with Crippen LogP contribution in [0.2, 0.25) is 0 Å². The second-order valence-corrected chi connectivity index (χ2v) is 4.86. The van der Waals surface area contributed by atoms with Crippen LogP contribution in [0.5, 0.6) is 11.6 Å². The molecule has 0 atom stereocenters. The Kier molecular flexibility index (Phi) is 6.04. The first-order valence-electron chi connectivity index (χ1n) is 7.22. The number of nitrogens with one attached hydrogen (secondary N) is 2. The van der Waals surface area contributed by atoms with Gasteiger partial charge in [0.2, 0.25) is 5.88 Å². The SMILES string of the molecule is COc1ncccc1CNC(=O)NCc1ccccc1OC(F)(F)F. The Morgan fingerprint density at radius 2 is 1.72 bits per heavy atom. The topological polar surface area (TPSA) is 72.5 Å². The zero-order chi connectivity index (χ0) is 18.3. The van der Waals surface area contributed by atoms with E-state index in [1.54, 1.807) is 24.4 Å². The Morgan fingerprint density at radius 1 is 1.08 bits per heavy atom. The lowest BCUT2D eigenvalue weighted by atomic mass is 10.2. The fourth-order valence-corrected chi connectivity index (χ4v) is 2.03. The minimum atomic E-state index is -4.80. The van der Waals surface area contributed by atoms with E-state index in [9.17, 15) is 18.0 Å². The minimum absolute atomic E-state index is 0.123. The number of carbonyl (C=O) groups excluding carboxylic acids is 1. The van der Waals surface area contributed by atoms with Crippen molar-refractivity contribution in [2.45, 2.75) is 19.5 Å². The molecule has 1 aromatic heterocycles. The predicted octanol–water partition coefficient (Wildman–Crippen LogP) is 2.99. The maximum absolute atomic E-state index is 12.4. The van der Waals surface area contributed by atoms with Crippen molar-refractivity contribution < 1.29 is 27.4 Å². The Morgan fingerprint density at radius 3 is 2.40 bits per heavy atom. The molecule has 2 rings (SSSR count). The molecule has 0 radical (unpaired) electrons. The number of aromatic nitrogens is 1. The number of para-hydroxylation sites is 1. The number of hydrogen-bond donors (Lipinski definition) is 2. The molecule has 0 aliphatic carbocycles. The van der Waals surface area contributed by atoms with E-state index in [0.717, 1.165) is 0 Å². The van der Waals surface area contributed by atoms with Crippen LogP contribution in [0.15, 0.2) is 42.6 Å². The molecule has 0 spiro atoms. The van der Waals surface area contributed by atoms with Gasteiger partial charge in [-0.1, -0.05) is 24.3 Å². The fourth-order valence-electron chi connectivity index (χ4n) is 2.03. The molecule has 0 saturated heterocycles. The van der Waals surface area contributed by atoms with Crippen molar-refractivity contribution in [2.75, 3.05) is 7.11 Å². The molecule has 1 heterocycles. The number of amides is 2. The molecule has 2 N–H and O–H groups in total. The van der Waals surface area contributed by atoms with Gasteiger partial charge in [-0.05, 0) is 12.1 Å². The number of carbonyl (C=O) groups is 1. The molecule has 0 unspecified atom stereocenters. The predicted molar refractivity (Wildman–Crippen MR) is 83.0 cm³/mol. The first-order chi connectivity index (χ1) is 11.9. The highest BCUT2D eigenvalue weighted by Crippen LogP contribution is 2.26.